The first-order valence-corrected chi connectivity index (χ1v) is 7.46. The van der Waals surface area contributed by atoms with Crippen molar-refractivity contribution in [3.63, 3.8) is 0 Å². The molecule has 6 heteroatoms. The SMILES string of the molecule is C=C(C(=O)OC)C(C)C(O)c1ccc(Cl)cc1-c1cnn(C)c1. The van der Waals surface area contributed by atoms with Crippen LogP contribution in [-0.2, 0) is 16.6 Å². The maximum Gasteiger partial charge on any atom is 0.333 e. The van der Waals surface area contributed by atoms with E-state index in [9.17, 15) is 9.90 Å². The van der Waals surface area contributed by atoms with Gasteiger partial charge in [-0.2, -0.15) is 5.10 Å². The second-order valence-electron chi connectivity index (χ2n) is 5.38. The molecule has 23 heavy (non-hydrogen) atoms. The van der Waals surface area contributed by atoms with Gasteiger partial charge in [0.2, 0.25) is 0 Å². The van der Waals surface area contributed by atoms with Crippen molar-refractivity contribution >= 4 is 17.6 Å². The standard InChI is InChI=1S/C17H19ClN2O3/c1-10(11(2)17(22)23-4)16(21)14-6-5-13(18)7-15(14)12-8-19-20(3)9-12/h5-10,16,21H,2H2,1,3-4H3. The van der Waals surface area contributed by atoms with Crippen LogP contribution in [0, 0.1) is 5.92 Å². The van der Waals surface area contributed by atoms with E-state index in [1.165, 1.54) is 7.11 Å². The summed E-state index contributed by atoms with van der Waals surface area (Å²) in [7, 11) is 3.10. The molecule has 0 amide bonds. The number of nitrogens with zero attached hydrogens (tertiary/aromatic N) is 2. The molecule has 122 valence electrons. The summed E-state index contributed by atoms with van der Waals surface area (Å²) in [5, 5.41) is 15.4. The van der Waals surface area contributed by atoms with Gasteiger partial charge in [0.15, 0.2) is 0 Å². The molecular weight excluding hydrogens is 316 g/mol. The number of benzene rings is 1. The average Bonchev–Trinajstić information content (AvgIpc) is 2.98. The maximum atomic E-state index is 11.6. The molecular formula is C17H19ClN2O3. The Morgan fingerprint density at radius 3 is 2.74 bits per heavy atom. The highest BCUT2D eigenvalue weighted by atomic mass is 35.5. The third-order valence-electron chi connectivity index (χ3n) is 3.82. The molecule has 2 aromatic rings. The molecule has 0 aliphatic heterocycles. The Bertz CT molecular complexity index is 739. The van der Waals surface area contributed by atoms with Gasteiger partial charge in [-0.3, -0.25) is 4.68 Å². The third kappa shape index (κ3) is 3.63. The fourth-order valence-corrected chi connectivity index (χ4v) is 2.55. The van der Waals surface area contributed by atoms with Crippen LogP contribution in [0.25, 0.3) is 11.1 Å². The Labute approximate surface area is 140 Å². The fourth-order valence-electron chi connectivity index (χ4n) is 2.37. The summed E-state index contributed by atoms with van der Waals surface area (Å²) in [6.07, 6.45) is 2.61. The summed E-state index contributed by atoms with van der Waals surface area (Å²) < 4.78 is 6.34. The lowest BCUT2D eigenvalue weighted by atomic mass is 9.87. The molecule has 0 fully saturated rings. The van der Waals surface area contributed by atoms with Crippen LogP contribution in [0.1, 0.15) is 18.6 Å². The van der Waals surface area contributed by atoms with Crippen molar-refractivity contribution in [2.24, 2.45) is 13.0 Å². The zero-order chi connectivity index (χ0) is 17.1. The normalized spacial score (nSPS) is 13.4. The molecule has 2 rings (SSSR count). The van der Waals surface area contributed by atoms with Crippen molar-refractivity contribution in [2.45, 2.75) is 13.0 Å². The minimum atomic E-state index is -0.922. The van der Waals surface area contributed by atoms with Crippen LogP contribution >= 0.6 is 11.6 Å². The van der Waals surface area contributed by atoms with Crippen molar-refractivity contribution in [2.75, 3.05) is 7.11 Å². The monoisotopic (exact) mass is 334 g/mol. The molecule has 0 saturated heterocycles. The van der Waals surface area contributed by atoms with Crippen LogP contribution in [0.2, 0.25) is 5.02 Å². The van der Waals surface area contributed by atoms with Crippen LogP contribution in [-0.4, -0.2) is 28.0 Å². The minimum Gasteiger partial charge on any atom is -0.466 e. The van der Waals surface area contributed by atoms with E-state index in [1.807, 2.05) is 13.2 Å². The number of methoxy groups -OCH3 is 1. The number of esters is 1. The zero-order valence-corrected chi connectivity index (χ0v) is 14.0. The Balaban J connectivity index is 2.43. The number of aromatic nitrogens is 2. The van der Waals surface area contributed by atoms with Gasteiger partial charge in [0.05, 0.1) is 19.4 Å². The van der Waals surface area contributed by atoms with Crippen LogP contribution in [0.5, 0.6) is 0 Å². The molecule has 0 spiro atoms. The Morgan fingerprint density at radius 1 is 1.48 bits per heavy atom. The lowest BCUT2D eigenvalue weighted by Crippen LogP contribution is -2.18. The fraction of sp³-hybridized carbons (Fsp3) is 0.294. The van der Waals surface area contributed by atoms with Gasteiger partial charge in [0, 0.05) is 35.3 Å². The number of aliphatic hydroxyl groups excluding tert-OH is 1. The molecule has 1 aromatic heterocycles. The predicted octanol–water partition coefficient (Wildman–Crippen LogP) is 3.14. The molecule has 5 nitrogen and oxygen atoms in total. The van der Waals surface area contributed by atoms with Gasteiger partial charge in [0.1, 0.15) is 0 Å². The van der Waals surface area contributed by atoms with Crippen molar-refractivity contribution in [3.05, 3.63) is 53.3 Å². The van der Waals surface area contributed by atoms with E-state index < -0.39 is 18.0 Å². The molecule has 0 aliphatic carbocycles. The molecule has 0 saturated carbocycles. The van der Waals surface area contributed by atoms with Gasteiger partial charge in [-0.25, -0.2) is 4.79 Å². The van der Waals surface area contributed by atoms with E-state index in [-0.39, 0.29) is 5.57 Å². The van der Waals surface area contributed by atoms with Crippen LogP contribution in [0.4, 0.5) is 0 Å². The number of hydrogen-bond acceptors (Lipinski definition) is 4. The molecule has 0 aliphatic rings. The van der Waals surface area contributed by atoms with E-state index in [0.717, 1.165) is 11.1 Å². The molecule has 2 unspecified atom stereocenters. The number of ether oxygens (including phenoxy) is 1. The Morgan fingerprint density at radius 2 is 2.17 bits per heavy atom. The van der Waals surface area contributed by atoms with Gasteiger partial charge >= 0.3 is 5.97 Å². The van der Waals surface area contributed by atoms with Crippen molar-refractivity contribution in [1.82, 2.24) is 9.78 Å². The summed E-state index contributed by atoms with van der Waals surface area (Å²) >= 11 is 6.09. The molecule has 0 radical (unpaired) electrons. The first kappa shape index (κ1) is 17.2. The number of hydrogen-bond donors (Lipinski definition) is 1. The summed E-state index contributed by atoms with van der Waals surface area (Å²) in [6.45, 7) is 5.45. The number of carbonyl (C=O) groups excluding carboxylic acids is 1. The first-order chi connectivity index (χ1) is 10.8. The topological polar surface area (TPSA) is 64.3 Å². The highest BCUT2D eigenvalue weighted by Crippen LogP contribution is 2.35. The van der Waals surface area contributed by atoms with Gasteiger partial charge < -0.3 is 9.84 Å². The zero-order valence-electron chi connectivity index (χ0n) is 13.3. The van der Waals surface area contributed by atoms with Gasteiger partial charge in [-0.15, -0.1) is 0 Å². The Kier molecular flexibility index (Phi) is 5.23. The second kappa shape index (κ2) is 6.98. The van der Waals surface area contributed by atoms with Gasteiger partial charge in [0.25, 0.3) is 0 Å². The summed E-state index contributed by atoms with van der Waals surface area (Å²) in [6, 6.07) is 5.22. The number of aryl methyl sites for hydroxylation is 1. The average molecular weight is 335 g/mol. The third-order valence-corrected chi connectivity index (χ3v) is 4.06. The molecule has 1 N–H and O–H groups in total. The van der Waals surface area contributed by atoms with Crippen LogP contribution in [0.3, 0.4) is 0 Å². The van der Waals surface area contributed by atoms with Crippen LogP contribution in [0.15, 0.2) is 42.7 Å². The molecule has 0 bridgehead atoms. The van der Waals surface area contributed by atoms with E-state index >= 15 is 0 Å². The van der Waals surface area contributed by atoms with E-state index in [1.54, 1.807) is 36.0 Å². The minimum absolute atomic E-state index is 0.215. The van der Waals surface area contributed by atoms with Crippen LogP contribution < -0.4 is 0 Å². The largest absolute Gasteiger partial charge is 0.466 e. The lowest BCUT2D eigenvalue weighted by Gasteiger charge is -2.22. The van der Waals surface area contributed by atoms with Gasteiger partial charge in [-0.05, 0) is 23.3 Å². The van der Waals surface area contributed by atoms with Crippen molar-refractivity contribution in [3.8, 4) is 11.1 Å². The first-order valence-electron chi connectivity index (χ1n) is 7.08. The van der Waals surface area contributed by atoms with E-state index in [4.69, 9.17) is 11.6 Å². The predicted molar refractivity (Wildman–Crippen MR) is 88.9 cm³/mol. The van der Waals surface area contributed by atoms with Crippen molar-refractivity contribution in [1.29, 1.82) is 0 Å². The molecule has 1 aromatic carbocycles. The lowest BCUT2D eigenvalue weighted by molar-refractivity contribution is -0.137. The summed E-state index contributed by atoms with van der Waals surface area (Å²) in [5.74, 6) is -1.03. The highest BCUT2D eigenvalue weighted by Gasteiger charge is 2.26. The highest BCUT2D eigenvalue weighted by molar-refractivity contribution is 6.30. The molecule has 2 atom stereocenters. The number of halogens is 1. The quantitative estimate of drug-likeness (QED) is 0.674. The van der Waals surface area contributed by atoms with E-state index in [2.05, 4.69) is 16.4 Å². The summed E-state index contributed by atoms with van der Waals surface area (Å²) in [5.41, 5.74) is 2.47. The molecule has 1 heterocycles. The Hall–Kier alpha value is -2.11. The summed E-state index contributed by atoms with van der Waals surface area (Å²) in [4.78, 5) is 11.6. The van der Waals surface area contributed by atoms with E-state index in [0.29, 0.717) is 10.6 Å². The number of aliphatic hydroxyl groups is 1. The van der Waals surface area contributed by atoms with Crippen molar-refractivity contribution < 1.29 is 14.6 Å². The number of carbonyl (C=O) groups is 1. The second-order valence-corrected chi connectivity index (χ2v) is 5.82. The number of rotatable bonds is 5. The maximum absolute atomic E-state index is 11.6. The van der Waals surface area contributed by atoms with Gasteiger partial charge in [-0.1, -0.05) is 31.2 Å². The smallest absolute Gasteiger partial charge is 0.333 e.